The fraction of sp³-hybridized carbons (Fsp3) is 0.250. The Labute approximate surface area is 94.4 Å². The molecule has 0 radical (unpaired) electrons. The number of alkyl halides is 3. The molecule has 1 aromatic rings. The number of carbonyl (C=O) groups is 1. The van der Waals surface area contributed by atoms with Crippen LogP contribution in [0.3, 0.4) is 0 Å². The summed E-state index contributed by atoms with van der Waals surface area (Å²) in [6.07, 6.45) is -4.90. The van der Waals surface area contributed by atoms with E-state index < -0.39 is 32.7 Å². The quantitative estimate of drug-likeness (QED) is 0.867. The molecule has 0 aromatic carbocycles. The van der Waals surface area contributed by atoms with Crippen LogP contribution in [-0.4, -0.2) is 24.8 Å². The Morgan fingerprint density at radius 1 is 1.35 bits per heavy atom. The van der Waals surface area contributed by atoms with Gasteiger partial charge in [0.15, 0.2) is 5.03 Å². The predicted octanol–water partition coefficient (Wildman–Crippen LogP) is 1.04. The molecule has 17 heavy (non-hydrogen) atoms. The molecule has 5 nitrogen and oxygen atoms in total. The Morgan fingerprint density at radius 2 is 1.94 bits per heavy atom. The number of halogens is 3. The molecule has 0 bridgehead atoms. The number of nitrogens with two attached hydrogens (primary N) is 1. The SMILES string of the molecule is NC(=O)S(=O)(=O)c1ccc(CC(F)(F)F)cn1. The third kappa shape index (κ3) is 3.41. The Kier molecular flexibility index (Phi) is 3.41. The Bertz CT molecular complexity index is 522. The fourth-order valence-corrected chi connectivity index (χ4v) is 1.65. The molecule has 0 aliphatic rings. The van der Waals surface area contributed by atoms with Crippen molar-refractivity contribution in [3.8, 4) is 0 Å². The summed E-state index contributed by atoms with van der Waals surface area (Å²) in [6.45, 7) is 0. The van der Waals surface area contributed by atoms with Crippen LogP contribution in [-0.2, 0) is 16.3 Å². The normalized spacial score (nSPS) is 12.4. The molecule has 1 heterocycles. The van der Waals surface area contributed by atoms with Crippen LogP contribution in [0.15, 0.2) is 23.4 Å². The van der Waals surface area contributed by atoms with Crippen molar-refractivity contribution in [2.75, 3.05) is 0 Å². The van der Waals surface area contributed by atoms with E-state index in [1.54, 1.807) is 0 Å². The third-order valence-corrected chi connectivity index (χ3v) is 3.06. The second-order valence-electron chi connectivity index (χ2n) is 3.12. The first kappa shape index (κ1) is 13.4. The molecule has 2 N–H and O–H groups in total. The first-order chi connectivity index (χ1) is 7.63. The summed E-state index contributed by atoms with van der Waals surface area (Å²) in [7, 11) is -4.39. The van der Waals surface area contributed by atoms with E-state index in [1.165, 1.54) is 0 Å². The average Bonchev–Trinajstić information content (AvgIpc) is 2.15. The molecule has 94 valence electrons. The number of hydrogen-bond acceptors (Lipinski definition) is 4. The highest BCUT2D eigenvalue weighted by Gasteiger charge is 2.28. The van der Waals surface area contributed by atoms with Crippen molar-refractivity contribution in [2.24, 2.45) is 5.73 Å². The summed E-state index contributed by atoms with van der Waals surface area (Å²) in [4.78, 5) is 13.8. The molecule has 0 fully saturated rings. The Balaban J connectivity index is 3.01. The van der Waals surface area contributed by atoms with Gasteiger partial charge in [-0.05, 0) is 11.6 Å². The lowest BCUT2D eigenvalue weighted by atomic mass is 10.2. The second kappa shape index (κ2) is 4.32. The highest BCUT2D eigenvalue weighted by atomic mass is 32.2. The van der Waals surface area contributed by atoms with Gasteiger partial charge in [-0.3, -0.25) is 4.79 Å². The predicted molar refractivity (Wildman–Crippen MR) is 50.8 cm³/mol. The van der Waals surface area contributed by atoms with E-state index in [0.717, 1.165) is 18.3 Å². The summed E-state index contributed by atoms with van der Waals surface area (Å²) in [5.41, 5.74) is 4.39. The number of rotatable bonds is 2. The molecule has 9 heteroatoms. The topological polar surface area (TPSA) is 90.1 Å². The van der Waals surface area contributed by atoms with Gasteiger partial charge in [-0.15, -0.1) is 0 Å². The summed E-state index contributed by atoms with van der Waals surface area (Å²) in [6, 6.07) is 1.73. The zero-order chi connectivity index (χ0) is 13.3. The average molecular weight is 268 g/mol. The van der Waals surface area contributed by atoms with Crippen molar-refractivity contribution in [1.82, 2.24) is 4.98 Å². The van der Waals surface area contributed by atoms with Crippen molar-refractivity contribution in [2.45, 2.75) is 17.6 Å². The third-order valence-electron chi connectivity index (χ3n) is 1.74. The van der Waals surface area contributed by atoms with Gasteiger partial charge < -0.3 is 5.73 Å². The van der Waals surface area contributed by atoms with Gasteiger partial charge in [0.1, 0.15) is 0 Å². The maximum atomic E-state index is 12.0. The molecule has 0 aliphatic carbocycles. The standard InChI is InChI=1S/C8H7F3N2O3S/c9-8(10,11)3-5-1-2-6(13-4-5)17(15,16)7(12)14/h1-2,4H,3H2,(H2,12,14). The minimum Gasteiger partial charge on any atom is -0.356 e. The largest absolute Gasteiger partial charge is 0.393 e. The molecular formula is C8H7F3N2O3S. The molecule has 0 atom stereocenters. The number of carbonyl (C=O) groups excluding carboxylic acids is 1. The van der Waals surface area contributed by atoms with Crippen LogP contribution in [0.2, 0.25) is 0 Å². The van der Waals surface area contributed by atoms with Gasteiger partial charge in [-0.25, -0.2) is 13.4 Å². The van der Waals surface area contributed by atoms with Crippen molar-refractivity contribution in [3.63, 3.8) is 0 Å². The second-order valence-corrected chi connectivity index (χ2v) is 4.95. The van der Waals surface area contributed by atoms with Crippen LogP contribution in [0, 0.1) is 0 Å². The monoisotopic (exact) mass is 268 g/mol. The maximum Gasteiger partial charge on any atom is 0.393 e. The van der Waals surface area contributed by atoms with Gasteiger partial charge in [0.2, 0.25) is 0 Å². The van der Waals surface area contributed by atoms with E-state index in [4.69, 9.17) is 0 Å². The van der Waals surface area contributed by atoms with Crippen LogP contribution in [0.25, 0.3) is 0 Å². The van der Waals surface area contributed by atoms with Gasteiger partial charge in [0.25, 0.3) is 9.84 Å². The molecular weight excluding hydrogens is 261 g/mol. The van der Waals surface area contributed by atoms with E-state index in [1.807, 2.05) is 0 Å². The molecule has 0 unspecified atom stereocenters. The summed E-state index contributed by atoms with van der Waals surface area (Å²) in [5, 5.41) is -2.27. The number of nitrogens with zero attached hydrogens (tertiary/aromatic N) is 1. The molecule has 1 amide bonds. The number of sulfone groups is 1. The van der Waals surface area contributed by atoms with E-state index in [9.17, 15) is 26.4 Å². The smallest absolute Gasteiger partial charge is 0.356 e. The number of amides is 1. The van der Waals surface area contributed by atoms with E-state index in [2.05, 4.69) is 10.7 Å². The van der Waals surface area contributed by atoms with Crippen molar-refractivity contribution in [1.29, 1.82) is 0 Å². The molecule has 0 saturated heterocycles. The van der Waals surface area contributed by atoms with Crippen LogP contribution < -0.4 is 5.73 Å². The van der Waals surface area contributed by atoms with Crippen molar-refractivity contribution in [3.05, 3.63) is 23.9 Å². The highest BCUT2D eigenvalue weighted by Crippen LogP contribution is 2.21. The molecule has 0 aliphatic heterocycles. The molecule has 1 rings (SSSR count). The number of pyridine rings is 1. The molecule has 0 spiro atoms. The Hall–Kier alpha value is -1.64. The van der Waals surface area contributed by atoms with E-state index >= 15 is 0 Å². The van der Waals surface area contributed by atoms with Crippen LogP contribution in [0.1, 0.15) is 5.56 Å². The summed E-state index contributed by atoms with van der Waals surface area (Å²) >= 11 is 0. The minimum absolute atomic E-state index is 0.207. The van der Waals surface area contributed by atoms with Gasteiger partial charge in [0.05, 0.1) is 6.42 Å². The number of aromatic nitrogens is 1. The highest BCUT2D eigenvalue weighted by molar-refractivity contribution is 8.05. The first-order valence-electron chi connectivity index (χ1n) is 4.19. The summed E-state index contributed by atoms with van der Waals surface area (Å²) < 4.78 is 58.3. The minimum atomic E-state index is -4.41. The van der Waals surface area contributed by atoms with Gasteiger partial charge >= 0.3 is 11.4 Å². The molecule has 0 saturated carbocycles. The lowest BCUT2D eigenvalue weighted by Crippen LogP contribution is -2.22. The summed E-state index contributed by atoms with van der Waals surface area (Å²) in [5.74, 6) is 0. The van der Waals surface area contributed by atoms with E-state index in [-0.39, 0.29) is 5.56 Å². The number of primary amides is 1. The van der Waals surface area contributed by atoms with Gasteiger partial charge in [-0.2, -0.15) is 13.2 Å². The zero-order valence-corrected chi connectivity index (χ0v) is 9.05. The zero-order valence-electron chi connectivity index (χ0n) is 8.23. The lowest BCUT2D eigenvalue weighted by Gasteiger charge is -2.06. The first-order valence-corrected chi connectivity index (χ1v) is 5.67. The van der Waals surface area contributed by atoms with E-state index in [0.29, 0.717) is 0 Å². The fourth-order valence-electron chi connectivity index (χ4n) is 1.01. The van der Waals surface area contributed by atoms with Crippen LogP contribution >= 0.6 is 0 Å². The molecule has 1 aromatic heterocycles. The van der Waals surface area contributed by atoms with Crippen LogP contribution in [0.4, 0.5) is 18.0 Å². The van der Waals surface area contributed by atoms with Gasteiger partial charge in [0, 0.05) is 6.20 Å². The Morgan fingerprint density at radius 3 is 2.29 bits per heavy atom. The maximum absolute atomic E-state index is 12.0. The van der Waals surface area contributed by atoms with Crippen LogP contribution in [0.5, 0.6) is 0 Å². The number of hydrogen-bond donors (Lipinski definition) is 1. The van der Waals surface area contributed by atoms with Crippen molar-refractivity contribution < 1.29 is 26.4 Å². The van der Waals surface area contributed by atoms with Crippen molar-refractivity contribution >= 4 is 15.1 Å². The van der Waals surface area contributed by atoms with Gasteiger partial charge in [-0.1, -0.05) is 6.07 Å². The lowest BCUT2D eigenvalue weighted by molar-refractivity contribution is -0.127.